The van der Waals surface area contributed by atoms with Crippen molar-refractivity contribution in [3.05, 3.63) is 65.5 Å². The number of ether oxygens (including phenoxy) is 2. The number of benzene rings is 2. The van der Waals surface area contributed by atoms with E-state index in [0.717, 1.165) is 0 Å². The summed E-state index contributed by atoms with van der Waals surface area (Å²) in [6, 6.07) is 16.4. The third-order valence-corrected chi connectivity index (χ3v) is 4.44. The molecule has 146 valence electrons. The van der Waals surface area contributed by atoms with E-state index in [1.54, 1.807) is 19.1 Å². The summed E-state index contributed by atoms with van der Waals surface area (Å²) in [5, 5.41) is 11.6. The largest absolute Gasteiger partial charge is 0.491 e. The van der Waals surface area contributed by atoms with Crippen LogP contribution in [0.5, 0.6) is 5.75 Å². The zero-order valence-corrected chi connectivity index (χ0v) is 16.3. The quantitative estimate of drug-likeness (QED) is 0.578. The molecule has 0 amide bonds. The number of nitrogens with zero attached hydrogens (tertiary/aromatic N) is 2. The SMILES string of the molecule is COC(=O)C(C)(COc1ccccc1)NCc1nnc(-c2ccccc2Cl)o1. The van der Waals surface area contributed by atoms with Gasteiger partial charge in [-0.15, -0.1) is 10.2 Å². The predicted molar refractivity (Wildman–Crippen MR) is 104 cm³/mol. The molecule has 1 heterocycles. The van der Waals surface area contributed by atoms with Gasteiger partial charge in [0.05, 0.1) is 24.2 Å². The summed E-state index contributed by atoms with van der Waals surface area (Å²) in [6.07, 6.45) is 0. The Kier molecular flexibility index (Phi) is 6.28. The Morgan fingerprint density at radius 2 is 1.86 bits per heavy atom. The van der Waals surface area contributed by atoms with Gasteiger partial charge in [-0.2, -0.15) is 0 Å². The van der Waals surface area contributed by atoms with Crippen LogP contribution < -0.4 is 10.1 Å². The van der Waals surface area contributed by atoms with Crippen LogP contribution in [-0.4, -0.2) is 35.4 Å². The number of rotatable bonds is 8. The van der Waals surface area contributed by atoms with Crippen molar-refractivity contribution in [3.8, 4) is 17.2 Å². The van der Waals surface area contributed by atoms with Gasteiger partial charge in [0.2, 0.25) is 11.8 Å². The van der Waals surface area contributed by atoms with Crippen LogP contribution in [0.15, 0.2) is 59.0 Å². The summed E-state index contributed by atoms with van der Waals surface area (Å²) in [6.45, 7) is 1.91. The maximum atomic E-state index is 12.3. The first-order chi connectivity index (χ1) is 13.5. The van der Waals surface area contributed by atoms with Crippen molar-refractivity contribution in [1.29, 1.82) is 0 Å². The van der Waals surface area contributed by atoms with Crippen molar-refractivity contribution in [2.45, 2.75) is 19.0 Å². The van der Waals surface area contributed by atoms with Gasteiger partial charge in [-0.1, -0.05) is 41.9 Å². The molecule has 7 nitrogen and oxygen atoms in total. The van der Waals surface area contributed by atoms with Crippen molar-refractivity contribution in [3.63, 3.8) is 0 Å². The highest BCUT2D eigenvalue weighted by molar-refractivity contribution is 6.33. The molecule has 28 heavy (non-hydrogen) atoms. The molecule has 0 radical (unpaired) electrons. The fourth-order valence-electron chi connectivity index (χ4n) is 2.49. The van der Waals surface area contributed by atoms with E-state index >= 15 is 0 Å². The number of halogens is 1. The van der Waals surface area contributed by atoms with E-state index in [2.05, 4.69) is 15.5 Å². The Hall–Kier alpha value is -2.90. The molecular weight excluding hydrogens is 382 g/mol. The summed E-state index contributed by atoms with van der Waals surface area (Å²) < 4.78 is 16.3. The summed E-state index contributed by atoms with van der Waals surface area (Å²) in [7, 11) is 1.33. The van der Waals surface area contributed by atoms with Gasteiger partial charge in [-0.3, -0.25) is 5.32 Å². The standard InChI is InChI=1S/C20H20ClN3O4/c1-20(19(25)26-2,13-27-14-8-4-3-5-9-14)22-12-17-23-24-18(28-17)15-10-6-7-11-16(15)21/h3-11,22H,12-13H2,1-2H3. The molecular formula is C20H20ClN3O4. The van der Waals surface area contributed by atoms with Crippen LogP contribution in [0.25, 0.3) is 11.5 Å². The number of esters is 1. The van der Waals surface area contributed by atoms with Crippen LogP contribution in [-0.2, 0) is 16.1 Å². The normalized spacial score (nSPS) is 13.0. The van der Waals surface area contributed by atoms with Gasteiger partial charge in [-0.25, -0.2) is 4.79 Å². The van der Waals surface area contributed by atoms with Gasteiger partial charge in [0, 0.05) is 0 Å². The molecule has 1 aromatic heterocycles. The van der Waals surface area contributed by atoms with Crippen molar-refractivity contribution >= 4 is 17.6 Å². The van der Waals surface area contributed by atoms with E-state index in [0.29, 0.717) is 28.1 Å². The second-order valence-electron chi connectivity index (χ2n) is 6.26. The summed E-state index contributed by atoms with van der Waals surface area (Å²) in [4.78, 5) is 12.3. The summed E-state index contributed by atoms with van der Waals surface area (Å²) >= 11 is 6.16. The molecule has 0 aliphatic heterocycles. The van der Waals surface area contributed by atoms with Crippen LogP contribution in [0, 0.1) is 0 Å². The zero-order valence-electron chi connectivity index (χ0n) is 15.5. The maximum Gasteiger partial charge on any atom is 0.329 e. The third-order valence-electron chi connectivity index (χ3n) is 4.11. The molecule has 0 saturated heterocycles. The average molecular weight is 402 g/mol. The van der Waals surface area contributed by atoms with Gasteiger partial charge in [0.1, 0.15) is 17.9 Å². The molecule has 1 N–H and O–H groups in total. The highest BCUT2D eigenvalue weighted by Gasteiger charge is 2.35. The number of carbonyl (C=O) groups excluding carboxylic acids is 1. The lowest BCUT2D eigenvalue weighted by atomic mass is 10.0. The molecule has 2 aromatic carbocycles. The van der Waals surface area contributed by atoms with Gasteiger partial charge in [-0.05, 0) is 31.2 Å². The average Bonchev–Trinajstić information content (AvgIpc) is 3.20. The zero-order chi connectivity index (χ0) is 20.0. The van der Waals surface area contributed by atoms with Crippen LogP contribution in [0.4, 0.5) is 0 Å². The second-order valence-corrected chi connectivity index (χ2v) is 6.67. The van der Waals surface area contributed by atoms with Crippen molar-refractivity contribution in [2.24, 2.45) is 0 Å². The van der Waals surface area contributed by atoms with Gasteiger partial charge >= 0.3 is 5.97 Å². The van der Waals surface area contributed by atoms with E-state index in [9.17, 15) is 4.79 Å². The number of hydrogen-bond donors (Lipinski definition) is 1. The van der Waals surface area contributed by atoms with Crippen molar-refractivity contribution in [2.75, 3.05) is 13.7 Å². The van der Waals surface area contributed by atoms with E-state index in [-0.39, 0.29) is 13.2 Å². The lowest BCUT2D eigenvalue weighted by Gasteiger charge is -2.27. The topological polar surface area (TPSA) is 86.5 Å². The number of nitrogens with one attached hydrogen (secondary N) is 1. The smallest absolute Gasteiger partial charge is 0.329 e. The molecule has 3 rings (SSSR count). The first kappa shape index (κ1) is 19.9. The molecule has 0 aliphatic carbocycles. The molecule has 0 saturated carbocycles. The molecule has 8 heteroatoms. The van der Waals surface area contributed by atoms with Crippen molar-refractivity contribution in [1.82, 2.24) is 15.5 Å². The first-order valence-electron chi connectivity index (χ1n) is 8.60. The minimum atomic E-state index is -1.11. The number of aromatic nitrogens is 2. The number of para-hydroxylation sites is 1. The molecule has 3 aromatic rings. The highest BCUT2D eigenvalue weighted by Crippen LogP contribution is 2.26. The van der Waals surface area contributed by atoms with Crippen molar-refractivity contribution < 1.29 is 18.7 Å². The maximum absolute atomic E-state index is 12.3. The monoisotopic (exact) mass is 401 g/mol. The molecule has 1 unspecified atom stereocenters. The predicted octanol–water partition coefficient (Wildman–Crippen LogP) is 3.49. The first-order valence-corrected chi connectivity index (χ1v) is 8.98. The molecule has 1 atom stereocenters. The Labute approximate surface area is 167 Å². The summed E-state index contributed by atoms with van der Waals surface area (Å²) in [5.74, 6) is 0.806. The Morgan fingerprint density at radius 1 is 1.14 bits per heavy atom. The van der Waals surface area contributed by atoms with Crippen LogP contribution in [0.2, 0.25) is 5.02 Å². The van der Waals surface area contributed by atoms with Crippen LogP contribution >= 0.6 is 11.6 Å². The lowest BCUT2D eigenvalue weighted by molar-refractivity contribution is -0.149. The number of carbonyl (C=O) groups is 1. The lowest BCUT2D eigenvalue weighted by Crippen LogP contribution is -2.54. The van der Waals surface area contributed by atoms with E-state index in [1.165, 1.54) is 7.11 Å². The van der Waals surface area contributed by atoms with Crippen LogP contribution in [0.1, 0.15) is 12.8 Å². The van der Waals surface area contributed by atoms with E-state index in [1.807, 2.05) is 42.5 Å². The fourth-order valence-corrected chi connectivity index (χ4v) is 2.71. The number of hydrogen-bond acceptors (Lipinski definition) is 7. The number of methoxy groups -OCH3 is 1. The third kappa shape index (κ3) is 4.68. The fraction of sp³-hybridized carbons (Fsp3) is 0.250. The highest BCUT2D eigenvalue weighted by atomic mass is 35.5. The van der Waals surface area contributed by atoms with Gasteiger partial charge < -0.3 is 13.9 Å². The Morgan fingerprint density at radius 3 is 2.57 bits per heavy atom. The van der Waals surface area contributed by atoms with Gasteiger partial charge in [0.15, 0.2) is 0 Å². The Bertz CT molecular complexity index is 932. The Balaban J connectivity index is 1.68. The minimum absolute atomic E-state index is 0.0647. The van der Waals surface area contributed by atoms with Gasteiger partial charge in [0.25, 0.3) is 0 Å². The second kappa shape index (κ2) is 8.86. The summed E-state index contributed by atoms with van der Waals surface area (Å²) in [5.41, 5.74) is -0.463. The van der Waals surface area contributed by atoms with E-state index in [4.69, 9.17) is 25.5 Å². The molecule has 0 fully saturated rings. The molecule has 0 aliphatic rings. The molecule has 0 bridgehead atoms. The van der Waals surface area contributed by atoms with Crippen LogP contribution in [0.3, 0.4) is 0 Å². The molecule has 0 spiro atoms. The minimum Gasteiger partial charge on any atom is -0.491 e. The van der Waals surface area contributed by atoms with E-state index < -0.39 is 11.5 Å².